The van der Waals surface area contributed by atoms with Crippen LogP contribution in [0.2, 0.25) is 5.02 Å². The van der Waals surface area contributed by atoms with E-state index in [1.807, 2.05) is 40.8 Å². The molecule has 6 amide bonds. The van der Waals surface area contributed by atoms with Gasteiger partial charge in [0, 0.05) is 65.9 Å². The van der Waals surface area contributed by atoms with Crippen molar-refractivity contribution in [3.63, 3.8) is 0 Å². The second-order valence-electron chi connectivity index (χ2n) is 16.8. The number of carbonyl (C=O) groups excluding carboxylic acids is 6. The van der Waals surface area contributed by atoms with Crippen LogP contribution in [0.4, 0.5) is 5.69 Å². The smallest absolute Gasteiger partial charge is 0.264 e. The average molecular weight is 988 g/mol. The van der Waals surface area contributed by atoms with E-state index < -0.39 is 35.7 Å². The summed E-state index contributed by atoms with van der Waals surface area (Å²) in [7, 11) is 0. The summed E-state index contributed by atoms with van der Waals surface area (Å²) in [5.41, 5.74) is 7.68. The van der Waals surface area contributed by atoms with Crippen LogP contribution in [0.5, 0.6) is 0 Å². The standard InChI is InChI=1S/C47H55ClN10O10S/c1-28-29(2)69-47-40(28)42(31-7-9-32(48)10-8-31)50-35(43-53-52-30(3)57(43)47)27-38(60)54-56-17-15-55(16-18-56)39(61)13-19-65-21-23-67-25-26-68-24-22-66-20-14-49-34-6-4-5-33-41(34)46(64)58(45(33)63)36-11-12-37(59)51-44(36)62/h4-10,35-36,49H,11-27H2,1-3H3,(H,54,60)(H,51,59,62)/t35-,36?/m0/s1. The number of halogens is 1. The fraction of sp³-hybridized carbons (Fsp3) is 0.468. The maximum absolute atomic E-state index is 13.6. The maximum atomic E-state index is 13.6. The molecule has 0 saturated carbocycles. The predicted molar refractivity (Wildman–Crippen MR) is 254 cm³/mol. The van der Waals surface area contributed by atoms with E-state index in [1.165, 1.54) is 0 Å². The molecule has 4 aliphatic rings. The Labute approximate surface area is 407 Å². The van der Waals surface area contributed by atoms with E-state index in [2.05, 4.69) is 40.1 Å². The van der Waals surface area contributed by atoms with Crippen LogP contribution in [0.15, 0.2) is 47.5 Å². The van der Waals surface area contributed by atoms with Gasteiger partial charge in [-0.2, -0.15) is 0 Å². The number of fused-ring (bicyclic) bond motifs is 4. The number of hydrazine groups is 1. The molecule has 69 heavy (non-hydrogen) atoms. The molecule has 0 bridgehead atoms. The zero-order valence-electron chi connectivity index (χ0n) is 38.7. The minimum absolute atomic E-state index is 0.0166. The van der Waals surface area contributed by atoms with Gasteiger partial charge in [0.05, 0.1) is 82.5 Å². The van der Waals surface area contributed by atoms with Gasteiger partial charge in [-0.15, -0.1) is 21.5 Å². The Bertz CT molecular complexity index is 2610. The number of hydrogen-bond donors (Lipinski definition) is 3. The van der Waals surface area contributed by atoms with Gasteiger partial charge in [-0.1, -0.05) is 29.8 Å². The van der Waals surface area contributed by atoms with E-state index in [0.29, 0.717) is 95.5 Å². The van der Waals surface area contributed by atoms with Crippen molar-refractivity contribution in [2.45, 2.75) is 58.5 Å². The van der Waals surface area contributed by atoms with Gasteiger partial charge >= 0.3 is 0 Å². The van der Waals surface area contributed by atoms with E-state index >= 15 is 0 Å². The molecular weight excluding hydrogens is 932 g/mol. The molecular formula is C47H55ClN10O10S. The number of hydrogen-bond acceptors (Lipinski definition) is 16. The number of imide groups is 2. The Morgan fingerprint density at radius 2 is 1.51 bits per heavy atom. The predicted octanol–water partition coefficient (Wildman–Crippen LogP) is 3.33. The molecule has 0 aliphatic carbocycles. The summed E-state index contributed by atoms with van der Waals surface area (Å²) < 4.78 is 24.4. The topological polar surface area (TPSA) is 228 Å². The van der Waals surface area contributed by atoms with Crippen LogP contribution in [-0.4, -0.2) is 162 Å². The number of thiophene rings is 1. The number of rotatable bonds is 21. The van der Waals surface area contributed by atoms with E-state index in [0.717, 1.165) is 43.0 Å². The maximum Gasteiger partial charge on any atom is 0.264 e. The van der Waals surface area contributed by atoms with Crippen LogP contribution in [0.3, 0.4) is 0 Å². The molecule has 22 heteroatoms. The number of carbonyl (C=O) groups is 6. The number of nitrogens with one attached hydrogen (secondary N) is 3. The first-order chi connectivity index (χ1) is 33.4. The van der Waals surface area contributed by atoms with Crippen molar-refractivity contribution in [1.29, 1.82) is 0 Å². The third-order valence-electron chi connectivity index (χ3n) is 12.3. The number of nitrogens with zero attached hydrogens (tertiary/aromatic N) is 7. The van der Waals surface area contributed by atoms with Crippen molar-refractivity contribution < 1.29 is 47.7 Å². The van der Waals surface area contributed by atoms with Gasteiger partial charge in [-0.05, 0) is 57.0 Å². The molecule has 2 aromatic heterocycles. The molecule has 2 atom stereocenters. The van der Waals surface area contributed by atoms with Crippen LogP contribution < -0.4 is 16.1 Å². The summed E-state index contributed by atoms with van der Waals surface area (Å²) in [6.07, 6.45) is 0.431. The SMILES string of the molecule is Cc1sc2c(c1C)C(c1ccc(Cl)cc1)=N[C@@H](CC(=O)NN1CCN(C(=O)CCOCCOCCOCCOCCNc3cccc4c3C(=O)N(C3CCC(=O)NC3=O)C4=O)CC1)c1nnc(C)n1-2. The quantitative estimate of drug-likeness (QED) is 0.0805. The third-order valence-corrected chi connectivity index (χ3v) is 13.7. The number of ether oxygens (including phenoxy) is 4. The fourth-order valence-electron chi connectivity index (χ4n) is 8.60. The summed E-state index contributed by atoms with van der Waals surface area (Å²) in [5, 5.41) is 17.7. The minimum Gasteiger partial charge on any atom is -0.382 e. The van der Waals surface area contributed by atoms with Gasteiger partial charge in [0.25, 0.3) is 11.8 Å². The Morgan fingerprint density at radius 3 is 2.20 bits per heavy atom. The van der Waals surface area contributed by atoms with Crippen molar-refractivity contribution in [3.8, 4) is 5.00 Å². The lowest BCUT2D eigenvalue weighted by Gasteiger charge is -2.34. The molecule has 3 N–H and O–H groups in total. The Kier molecular flexibility index (Phi) is 16.2. The van der Waals surface area contributed by atoms with Gasteiger partial charge in [0.2, 0.25) is 23.6 Å². The van der Waals surface area contributed by atoms with Gasteiger partial charge in [-0.25, -0.2) is 5.01 Å². The largest absolute Gasteiger partial charge is 0.382 e. The van der Waals surface area contributed by atoms with Crippen LogP contribution in [0, 0.1) is 20.8 Å². The Hall–Kier alpha value is -5.94. The fourth-order valence-corrected chi connectivity index (χ4v) is 9.94. The van der Waals surface area contributed by atoms with E-state index in [4.69, 9.17) is 35.5 Å². The van der Waals surface area contributed by atoms with Crippen molar-refractivity contribution >= 4 is 69.8 Å². The van der Waals surface area contributed by atoms with Gasteiger partial charge in [-0.3, -0.25) is 54.0 Å². The highest BCUT2D eigenvalue weighted by Gasteiger charge is 2.45. The Morgan fingerprint density at radius 1 is 0.826 bits per heavy atom. The molecule has 1 unspecified atom stereocenters. The highest BCUT2D eigenvalue weighted by atomic mass is 35.5. The molecule has 366 valence electrons. The minimum atomic E-state index is -1.03. The molecule has 6 heterocycles. The highest BCUT2D eigenvalue weighted by Crippen LogP contribution is 2.40. The number of piperazine rings is 1. The highest BCUT2D eigenvalue weighted by molar-refractivity contribution is 7.15. The normalized spacial score (nSPS) is 18.1. The number of aryl methyl sites for hydroxylation is 2. The van der Waals surface area contributed by atoms with E-state index in [9.17, 15) is 28.8 Å². The van der Waals surface area contributed by atoms with Gasteiger partial charge in [0.1, 0.15) is 22.9 Å². The second kappa shape index (κ2) is 22.7. The summed E-state index contributed by atoms with van der Waals surface area (Å²) in [6.45, 7) is 11.0. The first-order valence-electron chi connectivity index (χ1n) is 23.0. The van der Waals surface area contributed by atoms with E-state index in [1.54, 1.807) is 34.4 Å². The lowest BCUT2D eigenvalue weighted by atomic mass is 9.99. The lowest BCUT2D eigenvalue weighted by molar-refractivity contribution is -0.137. The molecule has 0 spiro atoms. The molecule has 2 fully saturated rings. The van der Waals surface area contributed by atoms with E-state index in [-0.39, 0.29) is 55.2 Å². The lowest BCUT2D eigenvalue weighted by Crippen LogP contribution is -2.55. The molecule has 4 aromatic rings. The van der Waals surface area contributed by atoms with Gasteiger partial charge < -0.3 is 29.2 Å². The molecule has 4 aliphatic heterocycles. The summed E-state index contributed by atoms with van der Waals surface area (Å²) in [6, 6.07) is 10.8. The molecule has 0 radical (unpaired) electrons. The van der Waals surface area contributed by atoms with Crippen molar-refractivity contribution in [3.05, 3.63) is 91.8 Å². The summed E-state index contributed by atoms with van der Waals surface area (Å²) in [5.74, 6) is -1.12. The van der Waals surface area contributed by atoms with Gasteiger partial charge in [0.15, 0.2) is 5.82 Å². The average Bonchev–Trinajstić information content (AvgIpc) is 3.91. The zero-order valence-corrected chi connectivity index (χ0v) is 40.3. The third kappa shape index (κ3) is 11.4. The van der Waals surface area contributed by atoms with Crippen LogP contribution >= 0.6 is 22.9 Å². The summed E-state index contributed by atoms with van der Waals surface area (Å²) in [4.78, 5) is 85.8. The van der Waals surface area contributed by atoms with Crippen LogP contribution in [0.1, 0.15) is 85.7 Å². The molecule has 20 nitrogen and oxygen atoms in total. The second-order valence-corrected chi connectivity index (χ2v) is 18.5. The monoisotopic (exact) mass is 986 g/mol. The number of anilines is 1. The zero-order chi connectivity index (χ0) is 48.6. The first kappa shape index (κ1) is 49.5. The van der Waals surface area contributed by atoms with Crippen molar-refractivity contribution in [2.24, 2.45) is 4.99 Å². The Balaban J connectivity index is 0.664. The molecule has 2 saturated heterocycles. The molecule has 2 aromatic carbocycles. The van der Waals surface area contributed by atoms with Crippen LogP contribution in [0.25, 0.3) is 5.00 Å². The van der Waals surface area contributed by atoms with Crippen LogP contribution in [-0.2, 0) is 38.1 Å². The number of aromatic nitrogens is 3. The number of benzene rings is 2. The number of amides is 6. The van der Waals surface area contributed by atoms with Crippen molar-refractivity contribution in [1.82, 2.24) is 40.3 Å². The number of piperidine rings is 1. The molecule has 8 rings (SSSR count). The summed E-state index contributed by atoms with van der Waals surface area (Å²) >= 11 is 7.90. The number of aliphatic imine (C=N–C) groups is 1. The first-order valence-corrected chi connectivity index (χ1v) is 24.2. The van der Waals surface area contributed by atoms with Crippen molar-refractivity contribution in [2.75, 3.05) is 90.9 Å².